The van der Waals surface area contributed by atoms with E-state index in [1.807, 2.05) is 13.0 Å². The number of hydrogen-bond acceptors (Lipinski definition) is 5. The molecule has 41 heavy (non-hydrogen) atoms. The number of ketones is 1. The largest absolute Gasteiger partial charge is 0.481 e. The molecule has 9 atom stereocenters. The van der Waals surface area contributed by atoms with Gasteiger partial charge in [-0.3, -0.25) is 9.59 Å². The van der Waals surface area contributed by atoms with Crippen molar-refractivity contribution in [2.24, 2.45) is 50.2 Å². The highest BCUT2D eigenvalue weighted by Gasteiger charge is 2.70. The molecule has 2 N–H and O–H groups in total. The van der Waals surface area contributed by atoms with Crippen molar-refractivity contribution in [2.45, 2.75) is 112 Å². The summed E-state index contributed by atoms with van der Waals surface area (Å²) < 4.78 is 5.82. The van der Waals surface area contributed by atoms with E-state index in [-0.39, 0.29) is 56.7 Å². The van der Waals surface area contributed by atoms with E-state index in [0.717, 1.165) is 50.7 Å². The fourth-order valence-corrected chi connectivity index (χ4v) is 10.9. The highest BCUT2D eigenvalue weighted by atomic mass is 16.5. The van der Waals surface area contributed by atoms with Gasteiger partial charge in [-0.25, -0.2) is 9.59 Å². The van der Waals surface area contributed by atoms with Crippen molar-refractivity contribution < 1.29 is 34.1 Å². The van der Waals surface area contributed by atoms with Gasteiger partial charge in [0.1, 0.15) is 6.10 Å². The number of carboxylic acid groups (broad SMARTS) is 2. The molecule has 0 saturated heterocycles. The Bertz CT molecular complexity index is 1250. The fraction of sp³-hybridized carbons (Fsp3) is 0.765. The first-order valence-corrected chi connectivity index (χ1v) is 15.5. The molecule has 0 amide bonds. The summed E-state index contributed by atoms with van der Waals surface area (Å²) in [6, 6.07) is 0. The number of rotatable bonds is 4. The van der Waals surface area contributed by atoms with Gasteiger partial charge in [0.2, 0.25) is 0 Å². The van der Waals surface area contributed by atoms with Crippen LogP contribution in [0.25, 0.3) is 0 Å². The summed E-state index contributed by atoms with van der Waals surface area (Å²) in [5, 5.41) is 19.0. The lowest BCUT2D eigenvalue weighted by Crippen LogP contribution is -2.66. The highest BCUT2D eigenvalue weighted by molar-refractivity contribution is 5.96. The number of carbonyl (C=O) groups is 4. The predicted octanol–water partition coefficient (Wildman–Crippen LogP) is 6.60. The topological polar surface area (TPSA) is 118 Å². The molecule has 0 aromatic heterocycles. The number of esters is 1. The van der Waals surface area contributed by atoms with E-state index in [0.29, 0.717) is 19.3 Å². The summed E-state index contributed by atoms with van der Waals surface area (Å²) in [5.74, 6) is -2.29. The average molecular weight is 569 g/mol. The maximum Gasteiger partial charge on any atom is 0.331 e. The van der Waals surface area contributed by atoms with E-state index in [2.05, 4.69) is 41.5 Å². The minimum Gasteiger partial charge on any atom is -0.481 e. The van der Waals surface area contributed by atoms with Gasteiger partial charge in [-0.05, 0) is 104 Å². The van der Waals surface area contributed by atoms with Crippen molar-refractivity contribution in [2.75, 3.05) is 0 Å². The molecular formula is C34H48O7. The first-order valence-electron chi connectivity index (χ1n) is 15.5. The maximum atomic E-state index is 14.4. The highest BCUT2D eigenvalue weighted by Crippen LogP contribution is 2.75. The van der Waals surface area contributed by atoms with Crippen molar-refractivity contribution in [1.82, 2.24) is 0 Å². The van der Waals surface area contributed by atoms with Crippen LogP contribution in [-0.4, -0.2) is 40.0 Å². The molecule has 0 aromatic carbocycles. The van der Waals surface area contributed by atoms with Crippen molar-refractivity contribution in [1.29, 1.82) is 0 Å². The van der Waals surface area contributed by atoms with Gasteiger partial charge in [0.25, 0.3) is 0 Å². The zero-order valence-corrected chi connectivity index (χ0v) is 25.8. The minimum atomic E-state index is -1.19. The zero-order valence-electron chi connectivity index (χ0n) is 25.8. The van der Waals surface area contributed by atoms with Gasteiger partial charge >= 0.3 is 17.9 Å². The lowest BCUT2D eigenvalue weighted by Gasteiger charge is -2.70. The molecule has 0 aliphatic heterocycles. The SMILES string of the molecule is CC1(C)[C@@H](OC(=O)/C=C/C(=O)O)CC[C@]2(C)[C@H]3C(=O)C=C4[C@@H]5C[C@@](C)(C(=O)O)CC[C@]5(C)CC[C@@]4(C)[C@]3(C)CC[C@@H]12. The summed E-state index contributed by atoms with van der Waals surface area (Å²) in [6.45, 7) is 15.4. The third-order valence-electron chi connectivity index (χ3n) is 13.7. The molecule has 0 heterocycles. The molecule has 226 valence electrons. The van der Waals surface area contributed by atoms with Crippen LogP contribution < -0.4 is 0 Å². The summed E-state index contributed by atoms with van der Waals surface area (Å²) in [4.78, 5) is 50.1. The number of aliphatic carboxylic acids is 2. The van der Waals surface area contributed by atoms with E-state index in [9.17, 15) is 24.3 Å². The van der Waals surface area contributed by atoms with Gasteiger partial charge in [0.05, 0.1) is 5.41 Å². The molecule has 5 rings (SSSR count). The van der Waals surface area contributed by atoms with Crippen molar-refractivity contribution in [3.8, 4) is 0 Å². The van der Waals surface area contributed by atoms with E-state index >= 15 is 0 Å². The maximum absolute atomic E-state index is 14.4. The second-order valence-corrected chi connectivity index (χ2v) is 16.0. The van der Waals surface area contributed by atoms with Gasteiger partial charge in [0.15, 0.2) is 5.78 Å². The van der Waals surface area contributed by atoms with Crippen LogP contribution in [0.1, 0.15) is 106 Å². The number of carboxylic acids is 2. The van der Waals surface area contributed by atoms with Gasteiger partial charge in [0, 0.05) is 23.5 Å². The smallest absolute Gasteiger partial charge is 0.331 e. The van der Waals surface area contributed by atoms with E-state index in [1.54, 1.807) is 0 Å². The number of carbonyl (C=O) groups excluding carboxylic acids is 2. The van der Waals surface area contributed by atoms with Crippen molar-refractivity contribution >= 4 is 23.7 Å². The van der Waals surface area contributed by atoms with Gasteiger partial charge in [-0.1, -0.05) is 47.1 Å². The summed E-state index contributed by atoms with van der Waals surface area (Å²) in [6.07, 6.45) is 10.8. The predicted molar refractivity (Wildman–Crippen MR) is 154 cm³/mol. The summed E-state index contributed by atoms with van der Waals surface area (Å²) >= 11 is 0. The fourth-order valence-electron chi connectivity index (χ4n) is 10.9. The Morgan fingerprint density at radius 2 is 1.54 bits per heavy atom. The minimum absolute atomic E-state index is 0.0178. The number of fused-ring (bicyclic) bond motifs is 7. The van der Waals surface area contributed by atoms with Crippen LogP contribution in [0, 0.1) is 50.2 Å². The molecule has 0 spiro atoms. The molecule has 0 radical (unpaired) electrons. The summed E-state index contributed by atoms with van der Waals surface area (Å²) in [5.41, 5.74) is -0.643. The molecule has 5 aliphatic rings. The van der Waals surface area contributed by atoms with Gasteiger partial charge in [-0.15, -0.1) is 0 Å². The van der Waals surface area contributed by atoms with E-state index in [1.165, 1.54) is 5.57 Å². The summed E-state index contributed by atoms with van der Waals surface area (Å²) in [7, 11) is 0. The Labute approximate surface area is 244 Å². The molecule has 4 fully saturated rings. The van der Waals surface area contributed by atoms with E-state index in [4.69, 9.17) is 9.84 Å². The van der Waals surface area contributed by atoms with E-state index < -0.39 is 23.3 Å². The van der Waals surface area contributed by atoms with Crippen LogP contribution in [0.15, 0.2) is 23.8 Å². The van der Waals surface area contributed by atoms with Crippen LogP contribution in [0.3, 0.4) is 0 Å². The first kappa shape index (κ1) is 30.0. The van der Waals surface area contributed by atoms with Crippen LogP contribution in [-0.2, 0) is 23.9 Å². The molecule has 0 aromatic rings. The number of ether oxygens (including phenoxy) is 1. The Balaban J connectivity index is 1.50. The second-order valence-electron chi connectivity index (χ2n) is 16.0. The van der Waals surface area contributed by atoms with Crippen LogP contribution >= 0.6 is 0 Å². The molecular weight excluding hydrogens is 520 g/mol. The lowest BCUT2D eigenvalue weighted by molar-refractivity contribution is -0.209. The Morgan fingerprint density at radius 1 is 0.878 bits per heavy atom. The second kappa shape index (κ2) is 9.28. The van der Waals surface area contributed by atoms with Gasteiger partial charge < -0.3 is 14.9 Å². The third kappa shape index (κ3) is 4.18. The Morgan fingerprint density at radius 3 is 2.17 bits per heavy atom. The van der Waals surface area contributed by atoms with Crippen molar-refractivity contribution in [3.63, 3.8) is 0 Å². The lowest BCUT2D eigenvalue weighted by atomic mass is 9.33. The van der Waals surface area contributed by atoms with Crippen molar-refractivity contribution in [3.05, 3.63) is 23.8 Å². The van der Waals surface area contributed by atoms with Crippen LogP contribution in [0.5, 0.6) is 0 Å². The Hall–Kier alpha value is -2.44. The molecule has 4 saturated carbocycles. The first-order chi connectivity index (χ1) is 18.8. The molecule has 5 aliphatic carbocycles. The van der Waals surface area contributed by atoms with Crippen LogP contribution in [0.4, 0.5) is 0 Å². The molecule has 7 heteroatoms. The third-order valence-corrected chi connectivity index (χ3v) is 13.7. The standard InChI is InChI=1S/C34H48O7/c1-29(2)23-10-13-34(7)27(32(23,5)12-11-24(29)41-26(38)9-8-25(36)37)22(35)18-20-21-19-31(4,28(39)40)15-14-30(21,3)16-17-33(20,34)6/h8-9,18,21,23-24,27H,10-17,19H2,1-7H3,(H,36,37)(H,39,40)/b9-8+/t21-,23-,24-,27+,30+,31-,32-,33+,34+/m0/s1. The van der Waals surface area contributed by atoms with Gasteiger partial charge in [-0.2, -0.15) is 0 Å². The molecule has 7 nitrogen and oxygen atoms in total. The molecule has 0 bridgehead atoms. The normalized spacial score (nSPS) is 46.8. The average Bonchev–Trinajstić information content (AvgIpc) is 2.86. The van der Waals surface area contributed by atoms with Crippen LogP contribution in [0.2, 0.25) is 0 Å². The number of hydrogen-bond donors (Lipinski definition) is 2. The molecule has 0 unspecified atom stereocenters. The quantitative estimate of drug-likeness (QED) is 0.290. The zero-order chi connectivity index (χ0) is 30.4. The monoisotopic (exact) mass is 568 g/mol. The Kier molecular flexibility index (Phi) is 6.80. The number of allylic oxidation sites excluding steroid dienone is 2.